The van der Waals surface area contributed by atoms with E-state index in [-0.39, 0.29) is 0 Å². The second-order valence-electron chi connectivity index (χ2n) is 9.60. The van der Waals surface area contributed by atoms with E-state index in [0.29, 0.717) is 47.7 Å². The zero-order valence-corrected chi connectivity index (χ0v) is 20.5. The summed E-state index contributed by atoms with van der Waals surface area (Å²) in [4.78, 5) is 32.7. The van der Waals surface area contributed by atoms with Crippen molar-refractivity contribution in [3.63, 3.8) is 0 Å². The maximum Gasteiger partial charge on any atom is 0.416 e. The lowest BCUT2D eigenvalue weighted by Gasteiger charge is -2.25. The van der Waals surface area contributed by atoms with Gasteiger partial charge in [0.05, 0.1) is 29.0 Å². The summed E-state index contributed by atoms with van der Waals surface area (Å²) in [6.45, 7) is 3.67. The van der Waals surface area contributed by atoms with Crippen molar-refractivity contribution in [3.05, 3.63) is 77.9 Å². The highest BCUT2D eigenvalue weighted by Crippen LogP contribution is 2.37. The number of benzene rings is 2. The standard InChI is InChI=1S/C28H30F3N3O3/c1-3-4-9-23(35)21(16-17-10-11-17)26(36)33-25-27(37)34(2)22-8-6-5-7-20(22)24(32-25)18-12-14-19(15-13-18)28(29,30)31/h3,5-8,12-15,17,21,23,25,35H,1,4,9-11,16H2,2H3,(H,33,36)/t21-,23+,25?/m1/s1. The van der Waals surface area contributed by atoms with E-state index in [1.807, 2.05) is 0 Å². The predicted octanol–water partition coefficient (Wildman–Crippen LogP) is 4.70. The fourth-order valence-corrected chi connectivity index (χ4v) is 4.55. The zero-order valence-electron chi connectivity index (χ0n) is 20.5. The summed E-state index contributed by atoms with van der Waals surface area (Å²) in [5.41, 5.74) is 0.939. The monoisotopic (exact) mass is 513 g/mol. The minimum Gasteiger partial charge on any atom is -0.392 e. The van der Waals surface area contributed by atoms with Crippen LogP contribution in [0.5, 0.6) is 0 Å². The molecule has 1 saturated carbocycles. The van der Waals surface area contributed by atoms with E-state index in [1.165, 1.54) is 17.0 Å². The molecule has 0 aromatic heterocycles. The topological polar surface area (TPSA) is 82.0 Å². The maximum atomic E-state index is 13.4. The Labute approximate surface area is 213 Å². The van der Waals surface area contributed by atoms with Gasteiger partial charge < -0.3 is 15.3 Å². The predicted molar refractivity (Wildman–Crippen MR) is 135 cm³/mol. The molecule has 0 radical (unpaired) electrons. The van der Waals surface area contributed by atoms with Crippen molar-refractivity contribution in [3.8, 4) is 0 Å². The van der Waals surface area contributed by atoms with Crippen molar-refractivity contribution in [2.45, 2.75) is 50.6 Å². The number of halogens is 3. The fourth-order valence-electron chi connectivity index (χ4n) is 4.55. The number of aliphatic imine (C=N–C) groups is 1. The first kappa shape index (κ1) is 26.6. The van der Waals surface area contributed by atoms with E-state index < -0.39 is 41.7 Å². The lowest BCUT2D eigenvalue weighted by Crippen LogP contribution is -2.49. The number of para-hydroxylation sites is 1. The lowest BCUT2D eigenvalue weighted by atomic mass is 9.91. The summed E-state index contributed by atoms with van der Waals surface area (Å²) >= 11 is 0. The molecule has 0 spiro atoms. The Hall–Kier alpha value is -3.46. The first-order valence-corrected chi connectivity index (χ1v) is 12.3. The molecule has 0 saturated heterocycles. The number of anilines is 1. The summed E-state index contributed by atoms with van der Waals surface area (Å²) in [5.74, 6) is -1.32. The number of fused-ring (bicyclic) bond motifs is 1. The molecule has 3 atom stereocenters. The number of hydrogen-bond donors (Lipinski definition) is 2. The summed E-state index contributed by atoms with van der Waals surface area (Å²) in [6.07, 6.45) is -1.60. The molecule has 2 aromatic rings. The minimum absolute atomic E-state index is 0.290. The Morgan fingerprint density at radius 2 is 1.89 bits per heavy atom. The molecule has 0 bridgehead atoms. The van der Waals surface area contributed by atoms with Crippen molar-refractivity contribution in [1.29, 1.82) is 0 Å². The largest absolute Gasteiger partial charge is 0.416 e. The molecule has 9 heteroatoms. The third-order valence-corrected chi connectivity index (χ3v) is 6.86. The molecule has 37 heavy (non-hydrogen) atoms. The van der Waals surface area contributed by atoms with Crippen LogP contribution < -0.4 is 10.2 Å². The maximum absolute atomic E-state index is 13.4. The Bertz CT molecular complexity index is 1190. The van der Waals surface area contributed by atoms with Crippen LogP contribution in [0.15, 0.2) is 66.2 Å². The molecule has 1 heterocycles. The van der Waals surface area contributed by atoms with Crippen LogP contribution in [-0.2, 0) is 15.8 Å². The number of carbonyl (C=O) groups excluding carboxylic acids is 2. The van der Waals surface area contributed by atoms with E-state index in [1.54, 1.807) is 37.4 Å². The SMILES string of the molecule is C=CCC[C@H](O)[C@@H](CC1CC1)C(=O)NC1N=C(c2ccc(C(F)(F)F)cc2)c2ccccc2N(C)C1=O. The van der Waals surface area contributed by atoms with E-state index >= 15 is 0 Å². The van der Waals surface area contributed by atoms with Crippen molar-refractivity contribution in [2.24, 2.45) is 16.8 Å². The number of alkyl halides is 3. The Balaban J connectivity index is 1.69. The van der Waals surface area contributed by atoms with Gasteiger partial charge in [0.15, 0.2) is 0 Å². The first-order chi connectivity index (χ1) is 17.6. The molecule has 6 nitrogen and oxygen atoms in total. The quantitative estimate of drug-likeness (QED) is 0.477. The van der Waals surface area contributed by atoms with E-state index in [0.717, 1.165) is 25.0 Å². The molecular formula is C28H30F3N3O3. The van der Waals surface area contributed by atoms with Gasteiger partial charge in [0.2, 0.25) is 12.1 Å². The average Bonchev–Trinajstić information content (AvgIpc) is 3.71. The molecule has 4 rings (SSSR count). The molecule has 1 aliphatic carbocycles. The Morgan fingerprint density at radius 1 is 1.22 bits per heavy atom. The second kappa shape index (κ2) is 10.9. The van der Waals surface area contributed by atoms with Crippen LogP contribution in [0.25, 0.3) is 0 Å². The van der Waals surface area contributed by atoms with Crippen molar-refractivity contribution in [1.82, 2.24) is 5.32 Å². The molecule has 2 N–H and O–H groups in total. The number of allylic oxidation sites excluding steroid dienone is 1. The summed E-state index contributed by atoms with van der Waals surface area (Å²) in [7, 11) is 1.56. The van der Waals surface area contributed by atoms with Crippen molar-refractivity contribution in [2.75, 3.05) is 11.9 Å². The molecule has 2 aliphatic rings. The molecule has 2 aromatic carbocycles. The molecule has 1 aliphatic heterocycles. The van der Waals surface area contributed by atoms with Gasteiger partial charge in [-0.15, -0.1) is 6.58 Å². The van der Waals surface area contributed by atoms with E-state index in [9.17, 15) is 27.9 Å². The van der Waals surface area contributed by atoms with Gasteiger partial charge in [-0.3, -0.25) is 9.59 Å². The number of amides is 2. The van der Waals surface area contributed by atoms with Gasteiger partial charge in [-0.2, -0.15) is 13.2 Å². The van der Waals surface area contributed by atoms with Gasteiger partial charge in [0.1, 0.15) is 0 Å². The average molecular weight is 514 g/mol. The van der Waals surface area contributed by atoms with Crippen LogP contribution >= 0.6 is 0 Å². The highest BCUT2D eigenvalue weighted by atomic mass is 19.4. The number of likely N-dealkylation sites (N-methyl/N-ethyl adjacent to an activating group) is 1. The number of carbonyl (C=O) groups is 2. The van der Waals surface area contributed by atoms with Crippen LogP contribution in [-0.4, -0.2) is 41.9 Å². The molecule has 2 amide bonds. The number of rotatable bonds is 9. The number of benzodiazepines with no additional fused rings is 1. The van der Waals surface area contributed by atoms with Gasteiger partial charge in [-0.1, -0.05) is 49.2 Å². The summed E-state index contributed by atoms with van der Waals surface area (Å²) in [5, 5.41) is 13.4. The van der Waals surface area contributed by atoms with Crippen molar-refractivity contribution >= 4 is 23.2 Å². The molecule has 196 valence electrons. The number of nitrogens with one attached hydrogen (secondary N) is 1. The molecular weight excluding hydrogens is 483 g/mol. The highest BCUT2D eigenvalue weighted by molar-refractivity contribution is 6.20. The van der Waals surface area contributed by atoms with Gasteiger partial charge in [0, 0.05) is 18.2 Å². The van der Waals surface area contributed by atoms with E-state index in [4.69, 9.17) is 0 Å². The number of aliphatic hydroxyl groups is 1. The third kappa shape index (κ3) is 6.10. The van der Waals surface area contributed by atoms with Crippen LogP contribution in [0.3, 0.4) is 0 Å². The van der Waals surface area contributed by atoms with Gasteiger partial charge >= 0.3 is 6.18 Å². The highest BCUT2D eigenvalue weighted by Gasteiger charge is 2.37. The summed E-state index contributed by atoms with van der Waals surface area (Å²) < 4.78 is 39.4. The fraction of sp³-hybridized carbons (Fsp3) is 0.393. The smallest absolute Gasteiger partial charge is 0.392 e. The number of hydrogen-bond acceptors (Lipinski definition) is 4. The number of aliphatic hydroxyl groups excluding tert-OH is 1. The summed E-state index contributed by atoms with van der Waals surface area (Å²) in [6, 6.07) is 11.5. The van der Waals surface area contributed by atoms with Crippen LogP contribution in [0.1, 0.15) is 48.8 Å². The third-order valence-electron chi connectivity index (χ3n) is 6.86. The van der Waals surface area contributed by atoms with Crippen molar-refractivity contribution < 1.29 is 27.9 Å². The molecule has 1 fully saturated rings. The number of nitrogens with zero attached hydrogens (tertiary/aromatic N) is 2. The Morgan fingerprint density at radius 3 is 2.51 bits per heavy atom. The Kier molecular flexibility index (Phi) is 7.82. The van der Waals surface area contributed by atoms with Crippen LogP contribution in [0.2, 0.25) is 0 Å². The zero-order chi connectivity index (χ0) is 26.7. The normalized spacial score (nSPS) is 19.4. The first-order valence-electron chi connectivity index (χ1n) is 12.3. The van der Waals surface area contributed by atoms with Crippen LogP contribution in [0, 0.1) is 11.8 Å². The second-order valence-corrected chi connectivity index (χ2v) is 9.60. The van der Waals surface area contributed by atoms with Gasteiger partial charge in [-0.25, -0.2) is 4.99 Å². The minimum atomic E-state index is -4.49. The van der Waals surface area contributed by atoms with Crippen LogP contribution in [0.4, 0.5) is 18.9 Å². The van der Waals surface area contributed by atoms with Gasteiger partial charge in [0.25, 0.3) is 5.91 Å². The van der Waals surface area contributed by atoms with Gasteiger partial charge in [-0.05, 0) is 43.4 Å². The lowest BCUT2D eigenvalue weighted by molar-refractivity contribution is -0.137. The van der Waals surface area contributed by atoms with E-state index in [2.05, 4.69) is 16.9 Å². The molecule has 1 unspecified atom stereocenters.